The van der Waals surface area contributed by atoms with Gasteiger partial charge in [0.15, 0.2) is 5.96 Å². The summed E-state index contributed by atoms with van der Waals surface area (Å²) in [5.74, 6) is 2.50. The van der Waals surface area contributed by atoms with E-state index in [1.807, 2.05) is 19.3 Å². The lowest BCUT2D eigenvalue weighted by Gasteiger charge is -2.21. The Bertz CT molecular complexity index is 783. The summed E-state index contributed by atoms with van der Waals surface area (Å²) in [5.41, 5.74) is 2.49. The molecule has 3 rings (SSSR count). The van der Waals surface area contributed by atoms with Gasteiger partial charge in [-0.1, -0.05) is 24.3 Å². The third kappa shape index (κ3) is 7.46. The number of benzene rings is 1. The Morgan fingerprint density at radius 1 is 1.27 bits per heavy atom. The van der Waals surface area contributed by atoms with E-state index in [0.717, 1.165) is 77.1 Å². The van der Waals surface area contributed by atoms with Crippen molar-refractivity contribution in [2.75, 3.05) is 40.0 Å². The van der Waals surface area contributed by atoms with Crippen LogP contribution in [-0.4, -0.2) is 55.5 Å². The molecule has 0 amide bonds. The molecule has 1 saturated heterocycles. The molecule has 1 fully saturated rings. The van der Waals surface area contributed by atoms with E-state index in [1.54, 1.807) is 7.05 Å². The van der Waals surface area contributed by atoms with Crippen molar-refractivity contribution in [3.63, 3.8) is 0 Å². The minimum atomic E-state index is 0.662. The van der Waals surface area contributed by atoms with E-state index in [9.17, 15) is 0 Å². The Hall–Kier alpha value is -2.38. The first kappa shape index (κ1) is 22.3. The van der Waals surface area contributed by atoms with Crippen LogP contribution >= 0.6 is 0 Å². The minimum absolute atomic E-state index is 0.662. The lowest BCUT2D eigenvalue weighted by Crippen LogP contribution is -2.37. The zero-order valence-corrected chi connectivity index (χ0v) is 18.3. The van der Waals surface area contributed by atoms with Crippen LogP contribution in [0.1, 0.15) is 36.2 Å². The minimum Gasteiger partial charge on any atom is -0.381 e. The monoisotopic (exact) mass is 413 g/mol. The molecule has 1 aliphatic rings. The van der Waals surface area contributed by atoms with Gasteiger partial charge in [-0.15, -0.1) is 0 Å². The molecule has 1 aromatic carbocycles. The van der Waals surface area contributed by atoms with Crippen LogP contribution < -0.4 is 10.6 Å². The number of aliphatic imine (C=N–C) groups is 1. The van der Waals surface area contributed by atoms with Crippen molar-refractivity contribution in [1.29, 1.82) is 0 Å². The molecule has 7 heteroatoms. The number of ether oxygens (including phenoxy) is 2. The number of aromatic nitrogens is 2. The maximum absolute atomic E-state index is 5.82. The van der Waals surface area contributed by atoms with Crippen molar-refractivity contribution in [1.82, 2.24) is 20.2 Å². The van der Waals surface area contributed by atoms with E-state index in [4.69, 9.17) is 9.47 Å². The number of nitrogens with one attached hydrogen (secondary N) is 2. The lowest BCUT2D eigenvalue weighted by molar-refractivity contribution is 0.0203. The van der Waals surface area contributed by atoms with Crippen molar-refractivity contribution in [3.8, 4) is 0 Å². The van der Waals surface area contributed by atoms with Crippen LogP contribution in [-0.2, 0) is 22.6 Å². The number of hydrogen-bond donors (Lipinski definition) is 2. The van der Waals surface area contributed by atoms with Crippen LogP contribution in [0.3, 0.4) is 0 Å². The molecule has 2 N–H and O–H groups in total. The maximum atomic E-state index is 5.82. The van der Waals surface area contributed by atoms with E-state index in [0.29, 0.717) is 5.92 Å². The smallest absolute Gasteiger partial charge is 0.191 e. The molecule has 2 heterocycles. The van der Waals surface area contributed by atoms with Crippen LogP contribution in [0.25, 0.3) is 0 Å². The van der Waals surface area contributed by atoms with Gasteiger partial charge in [0.2, 0.25) is 0 Å². The quantitative estimate of drug-likeness (QED) is 0.356. The van der Waals surface area contributed by atoms with Gasteiger partial charge in [-0.3, -0.25) is 4.99 Å². The highest BCUT2D eigenvalue weighted by Crippen LogP contribution is 2.14. The highest BCUT2D eigenvalue weighted by molar-refractivity contribution is 5.79. The van der Waals surface area contributed by atoms with Crippen molar-refractivity contribution in [3.05, 3.63) is 53.6 Å². The van der Waals surface area contributed by atoms with Crippen molar-refractivity contribution < 1.29 is 9.47 Å². The second-order valence-corrected chi connectivity index (χ2v) is 7.76. The standard InChI is InChI=1S/C23H35N5O2/c1-19-25-10-11-28(19)17-22-6-3-5-21(15-22)16-27-23(24-2)26-9-4-12-30-18-20-7-13-29-14-8-20/h3,5-6,10-11,15,20H,4,7-9,12-14,16-18H2,1-2H3,(H2,24,26,27). The summed E-state index contributed by atoms with van der Waals surface area (Å²) < 4.78 is 13.4. The first-order chi connectivity index (χ1) is 14.7. The first-order valence-electron chi connectivity index (χ1n) is 10.9. The fourth-order valence-corrected chi connectivity index (χ4v) is 3.56. The number of guanidine groups is 1. The Kier molecular flexibility index (Phi) is 9.18. The number of hydrogen-bond acceptors (Lipinski definition) is 4. The summed E-state index contributed by atoms with van der Waals surface area (Å²) >= 11 is 0. The van der Waals surface area contributed by atoms with Crippen LogP contribution in [0, 0.1) is 12.8 Å². The van der Waals surface area contributed by atoms with Gasteiger partial charge in [-0.25, -0.2) is 4.98 Å². The first-order valence-corrected chi connectivity index (χ1v) is 10.9. The Labute approximate surface area is 179 Å². The fourth-order valence-electron chi connectivity index (χ4n) is 3.56. The molecule has 1 aliphatic heterocycles. The SMILES string of the molecule is CN=C(NCCCOCC1CCOCC1)NCc1cccc(Cn2ccnc2C)c1. The maximum Gasteiger partial charge on any atom is 0.191 e. The summed E-state index contributed by atoms with van der Waals surface area (Å²) in [7, 11) is 1.80. The average Bonchev–Trinajstić information content (AvgIpc) is 3.18. The van der Waals surface area contributed by atoms with E-state index in [-0.39, 0.29) is 0 Å². The Balaban J connectivity index is 1.33. The largest absolute Gasteiger partial charge is 0.381 e. The predicted molar refractivity (Wildman–Crippen MR) is 120 cm³/mol. The molecule has 0 aliphatic carbocycles. The fraction of sp³-hybridized carbons (Fsp3) is 0.565. The van der Waals surface area contributed by atoms with Crippen LogP contribution in [0.2, 0.25) is 0 Å². The Morgan fingerprint density at radius 2 is 2.10 bits per heavy atom. The van der Waals surface area contributed by atoms with Gasteiger partial charge in [0, 0.05) is 65.5 Å². The molecule has 164 valence electrons. The van der Waals surface area contributed by atoms with Crippen molar-refractivity contribution >= 4 is 5.96 Å². The number of nitrogens with zero attached hydrogens (tertiary/aromatic N) is 3. The van der Waals surface area contributed by atoms with E-state index < -0.39 is 0 Å². The molecule has 2 aromatic rings. The summed E-state index contributed by atoms with van der Waals surface area (Å²) in [6.45, 7) is 7.82. The van der Waals surface area contributed by atoms with Crippen LogP contribution in [0.4, 0.5) is 0 Å². The van der Waals surface area contributed by atoms with Gasteiger partial charge in [0.25, 0.3) is 0 Å². The number of rotatable bonds is 10. The normalized spacial score (nSPS) is 15.3. The molecule has 0 atom stereocenters. The lowest BCUT2D eigenvalue weighted by atomic mass is 10.0. The van der Waals surface area contributed by atoms with E-state index in [1.165, 1.54) is 11.1 Å². The highest BCUT2D eigenvalue weighted by atomic mass is 16.5. The average molecular weight is 414 g/mol. The number of aryl methyl sites for hydroxylation is 1. The predicted octanol–water partition coefficient (Wildman–Crippen LogP) is 2.74. The van der Waals surface area contributed by atoms with Crippen LogP contribution in [0.5, 0.6) is 0 Å². The highest BCUT2D eigenvalue weighted by Gasteiger charge is 2.13. The topological polar surface area (TPSA) is 72.7 Å². The molecule has 0 unspecified atom stereocenters. The Morgan fingerprint density at radius 3 is 2.87 bits per heavy atom. The molecule has 30 heavy (non-hydrogen) atoms. The molecule has 0 radical (unpaired) electrons. The van der Waals surface area contributed by atoms with E-state index in [2.05, 4.69) is 49.4 Å². The number of imidazole rings is 1. The second-order valence-electron chi connectivity index (χ2n) is 7.76. The van der Waals surface area contributed by atoms with E-state index >= 15 is 0 Å². The summed E-state index contributed by atoms with van der Waals surface area (Å²) in [4.78, 5) is 8.61. The van der Waals surface area contributed by atoms with Gasteiger partial charge in [0.1, 0.15) is 5.82 Å². The van der Waals surface area contributed by atoms with Crippen molar-refractivity contribution in [2.45, 2.75) is 39.3 Å². The summed E-state index contributed by atoms with van der Waals surface area (Å²) in [5, 5.41) is 6.75. The van der Waals surface area contributed by atoms with Gasteiger partial charge in [-0.05, 0) is 43.2 Å². The molecule has 1 aromatic heterocycles. The molecule has 7 nitrogen and oxygen atoms in total. The molecule has 0 bridgehead atoms. The summed E-state index contributed by atoms with van der Waals surface area (Å²) in [6, 6.07) is 8.61. The molecular formula is C23H35N5O2. The third-order valence-electron chi connectivity index (χ3n) is 5.40. The van der Waals surface area contributed by atoms with Gasteiger partial charge >= 0.3 is 0 Å². The summed E-state index contributed by atoms with van der Waals surface area (Å²) in [6.07, 6.45) is 7.06. The molecule has 0 saturated carbocycles. The van der Waals surface area contributed by atoms with Crippen LogP contribution in [0.15, 0.2) is 41.7 Å². The van der Waals surface area contributed by atoms with Crippen molar-refractivity contribution in [2.24, 2.45) is 10.9 Å². The zero-order chi connectivity index (χ0) is 21.0. The molecule has 0 spiro atoms. The third-order valence-corrected chi connectivity index (χ3v) is 5.40. The second kappa shape index (κ2) is 12.3. The molecular weight excluding hydrogens is 378 g/mol. The van der Waals surface area contributed by atoms with Gasteiger partial charge < -0.3 is 24.7 Å². The van der Waals surface area contributed by atoms with Gasteiger partial charge in [-0.2, -0.15) is 0 Å². The van der Waals surface area contributed by atoms with Gasteiger partial charge in [0.05, 0.1) is 0 Å². The zero-order valence-electron chi connectivity index (χ0n) is 18.3.